The lowest BCUT2D eigenvalue weighted by Crippen LogP contribution is -1.99. The van der Waals surface area contributed by atoms with Gasteiger partial charge in [-0.15, -0.1) is 0 Å². The van der Waals surface area contributed by atoms with Crippen LogP contribution in [0, 0.1) is 0 Å². The molecule has 2 aliphatic rings. The van der Waals surface area contributed by atoms with Gasteiger partial charge in [0.15, 0.2) is 0 Å². The monoisotopic (exact) mass is 610 g/mol. The Morgan fingerprint density at radius 3 is 1.15 bits per heavy atom. The summed E-state index contributed by atoms with van der Waals surface area (Å²) < 4.78 is 13.0. The Kier molecular flexibility index (Phi) is 5.14. The van der Waals surface area contributed by atoms with Gasteiger partial charge >= 0.3 is 0 Å². The molecule has 0 spiro atoms. The number of rotatable bonds is 2. The van der Waals surface area contributed by atoms with Crippen molar-refractivity contribution in [1.82, 2.24) is 0 Å². The van der Waals surface area contributed by atoms with Gasteiger partial charge in [0, 0.05) is 21.9 Å². The van der Waals surface area contributed by atoms with E-state index in [9.17, 15) is 0 Å². The normalized spacial score (nSPS) is 12.5. The molecule has 0 saturated carbocycles. The molecule has 0 N–H and O–H groups in total. The van der Waals surface area contributed by atoms with E-state index in [0.29, 0.717) is 0 Å². The number of ether oxygens (including phenoxy) is 2. The lowest BCUT2D eigenvalue weighted by atomic mass is 9.82. The summed E-state index contributed by atoms with van der Waals surface area (Å²) in [7, 11) is 0. The summed E-state index contributed by atoms with van der Waals surface area (Å²) in [6.45, 7) is 0. The maximum atomic E-state index is 6.48. The highest BCUT2D eigenvalue weighted by atomic mass is 16.5. The second-order valence-electron chi connectivity index (χ2n) is 12.7. The number of fused-ring (bicyclic) bond motifs is 6. The second kappa shape index (κ2) is 9.57. The minimum Gasteiger partial charge on any atom is -0.456 e. The van der Waals surface area contributed by atoms with Gasteiger partial charge in [-0.2, -0.15) is 0 Å². The van der Waals surface area contributed by atoms with E-state index in [1.165, 1.54) is 65.7 Å². The topological polar surface area (TPSA) is 18.5 Å². The Hall–Kier alpha value is -6.38. The van der Waals surface area contributed by atoms with Gasteiger partial charge in [-0.25, -0.2) is 0 Å². The maximum Gasteiger partial charge on any atom is 0.135 e. The maximum absolute atomic E-state index is 6.48. The third-order valence-corrected chi connectivity index (χ3v) is 10.3. The van der Waals surface area contributed by atoms with Crippen LogP contribution in [-0.4, -0.2) is 0 Å². The van der Waals surface area contributed by atoms with Crippen molar-refractivity contribution in [2.24, 2.45) is 0 Å². The Bertz CT molecular complexity index is 2640. The van der Waals surface area contributed by atoms with Crippen molar-refractivity contribution in [3.05, 3.63) is 158 Å². The van der Waals surface area contributed by atoms with Crippen LogP contribution < -0.4 is 9.47 Å². The fourth-order valence-corrected chi connectivity index (χ4v) is 8.30. The Morgan fingerprint density at radius 1 is 0.229 bits per heavy atom. The molecule has 0 radical (unpaired) electrons. The molecule has 9 aromatic carbocycles. The molecule has 9 aromatic rings. The molecule has 48 heavy (non-hydrogen) atoms. The van der Waals surface area contributed by atoms with Gasteiger partial charge in [-0.3, -0.25) is 0 Å². The van der Waals surface area contributed by atoms with Gasteiger partial charge in [0.2, 0.25) is 0 Å². The lowest BCUT2D eigenvalue weighted by molar-refractivity contribution is 0.487. The third kappa shape index (κ3) is 3.41. The number of hydrogen-bond donors (Lipinski definition) is 0. The highest BCUT2D eigenvalue weighted by molar-refractivity contribution is 6.27. The molecule has 2 heterocycles. The average molecular weight is 611 g/mol. The molecule has 0 atom stereocenters. The van der Waals surface area contributed by atoms with E-state index in [4.69, 9.17) is 9.47 Å². The highest BCUT2D eigenvalue weighted by Crippen LogP contribution is 2.53. The summed E-state index contributed by atoms with van der Waals surface area (Å²) in [4.78, 5) is 0. The van der Waals surface area contributed by atoms with Gasteiger partial charge in [0.25, 0.3) is 0 Å². The van der Waals surface area contributed by atoms with Crippen molar-refractivity contribution in [2.75, 3.05) is 0 Å². The van der Waals surface area contributed by atoms with Crippen molar-refractivity contribution < 1.29 is 9.47 Å². The first-order chi connectivity index (χ1) is 23.8. The van der Waals surface area contributed by atoms with Crippen LogP contribution in [0.4, 0.5) is 0 Å². The molecule has 0 bridgehead atoms. The zero-order chi connectivity index (χ0) is 31.3. The number of para-hydroxylation sites is 2. The van der Waals surface area contributed by atoms with Crippen molar-refractivity contribution in [2.45, 2.75) is 0 Å². The largest absolute Gasteiger partial charge is 0.456 e. The van der Waals surface area contributed by atoms with E-state index in [2.05, 4.69) is 146 Å². The van der Waals surface area contributed by atoms with Crippen LogP contribution in [0.25, 0.3) is 87.6 Å². The van der Waals surface area contributed by atoms with Crippen LogP contribution in [0.3, 0.4) is 0 Å². The van der Waals surface area contributed by atoms with Crippen LogP contribution in [0.2, 0.25) is 0 Å². The van der Waals surface area contributed by atoms with E-state index in [1.807, 2.05) is 12.1 Å². The zero-order valence-corrected chi connectivity index (χ0v) is 25.8. The van der Waals surface area contributed by atoms with Crippen LogP contribution in [0.1, 0.15) is 0 Å². The molecular weight excluding hydrogens is 585 g/mol. The molecule has 0 saturated heterocycles. The van der Waals surface area contributed by atoms with E-state index in [1.54, 1.807) is 0 Å². The fraction of sp³-hybridized carbons (Fsp3) is 0. The first kappa shape index (κ1) is 25.8. The molecule has 0 unspecified atom stereocenters. The minimum atomic E-state index is 0.903. The van der Waals surface area contributed by atoms with E-state index in [-0.39, 0.29) is 0 Å². The van der Waals surface area contributed by atoms with E-state index < -0.39 is 0 Å². The van der Waals surface area contributed by atoms with Gasteiger partial charge in [-0.05, 0) is 96.0 Å². The molecule has 0 aliphatic carbocycles. The second-order valence-corrected chi connectivity index (χ2v) is 12.7. The first-order valence-electron chi connectivity index (χ1n) is 16.4. The Labute approximate surface area is 277 Å². The quantitative estimate of drug-likeness (QED) is 0.181. The van der Waals surface area contributed by atoms with E-state index in [0.717, 1.165) is 44.9 Å². The van der Waals surface area contributed by atoms with Gasteiger partial charge in [0.1, 0.15) is 23.0 Å². The molecule has 2 heteroatoms. The fourth-order valence-electron chi connectivity index (χ4n) is 8.30. The van der Waals surface area contributed by atoms with Crippen molar-refractivity contribution in [3.63, 3.8) is 0 Å². The van der Waals surface area contributed by atoms with Gasteiger partial charge < -0.3 is 9.47 Å². The van der Waals surface area contributed by atoms with Crippen LogP contribution in [0.5, 0.6) is 23.0 Å². The average Bonchev–Trinajstić information content (AvgIpc) is 3.15. The minimum absolute atomic E-state index is 0.903. The molecule has 222 valence electrons. The summed E-state index contributed by atoms with van der Waals surface area (Å²) in [6, 6.07) is 56.6. The summed E-state index contributed by atoms with van der Waals surface area (Å²) >= 11 is 0. The number of hydrogen-bond acceptors (Lipinski definition) is 2. The molecule has 11 rings (SSSR count). The van der Waals surface area contributed by atoms with Crippen LogP contribution in [-0.2, 0) is 0 Å². The van der Waals surface area contributed by atoms with Gasteiger partial charge in [0.05, 0.1) is 0 Å². The Morgan fingerprint density at radius 2 is 0.583 bits per heavy atom. The molecule has 0 amide bonds. The third-order valence-electron chi connectivity index (χ3n) is 10.3. The first-order valence-corrected chi connectivity index (χ1v) is 16.4. The van der Waals surface area contributed by atoms with Crippen molar-refractivity contribution in [3.8, 4) is 67.5 Å². The number of benzene rings is 9. The van der Waals surface area contributed by atoms with E-state index >= 15 is 0 Å². The SMILES string of the molecule is c1ccc2c(c1)Oc1ccc(-c3c4ccccc4c(-c4ccc5c6c(cccc46)Oc4ccccc4-5)c4ccccc34)c3cccc-2c13. The summed E-state index contributed by atoms with van der Waals surface area (Å²) in [5.41, 5.74) is 9.59. The summed E-state index contributed by atoms with van der Waals surface area (Å²) in [5.74, 6) is 3.61. The Balaban J connectivity index is 1.24. The van der Waals surface area contributed by atoms with Gasteiger partial charge in [-0.1, -0.05) is 127 Å². The molecule has 2 aliphatic heterocycles. The standard InChI is InChI=1S/C46H26O2/c1-3-15-32-30(13-1)43(37-24-23-36-28-12-6-8-21-40(28)47-41-22-10-19-35(37)46(36)41)31-14-2-4-16-33(31)44(32)38-25-26-42-45-29(17-9-18-34(38)45)27-11-5-7-20-39(27)48-42/h1-26H. The molecule has 0 aromatic heterocycles. The van der Waals surface area contributed by atoms with Crippen molar-refractivity contribution >= 4 is 43.1 Å². The molecule has 0 fully saturated rings. The highest BCUT2D eigenvalue weighted by Gasteiger charge is 2.26. The molecule has 2 nitrogen and oxygen atoms in total. The zero-order valence-electron chi connectivity index (χ0n) is 25.8. The predicted molar refractivity (Wildman–Crippen MR) is 198 cm³/mol. The smallest absolute Gasteiger partial charge is 0.135 e. The summed E-state index contributed by atoms with van der Waals surface area (Å²) in [5, 5.41) is 9.62. The van der Waals surface area contributed by atoms with Crippen molar-refractivity contribution in [1.29, 1.82) is 0 Å². The predicted octanol–water partition coefficient (Wildman–Crippen LogP) is 13.2. The van der Waals surface area contributed by atoms with Crippen LogP contribution >= 0.6 is 0 Å². The van der Waals surface area contributed by atoms with Crippen LogP contribution in [0.15, 0.2) is 158 Å². The summed E-state index contributed by atoms with van der Waals surface area (Å²) in [6.07, 6.45) is 0. The molecular formula is C46H26O2. The lowest BCUT2D eigenvalue weighted by Gasteiger charge is -2.25.